The van der Waals surface area contributed by atoms with Crippen LogP contribution < -0.4 is 4.90 Å². The van der Waals surface area contributed by atoms with Gasteiger partial charge in [0.05, 0.1) is 6.10 Å². The van der Waals surface area contributed by atoms with E-state index in [-0.39, 0.29) is 12.1 Å². The lowest BCUT2D eigenvalue weighted by atomic mass is 9.94. The molecular weight excluding hydrogens is 326 g/mol. The van der Waals surface area contributed by atoms with Crippen molar-refractivity contribution in [2.45, 2.75) is 52.6 Å². The number of anilines is 1. The van der Waals surface area contributed by atoms with Crippen molar-refractivity contribution in [1.82, 2.24) is 9.88 Å². The Morgan fingerprint density at radius 2 is 2.04 bits per heavy atom. The van der Waals surface area contributed by atoms with Gasteiger partial charge in [-0.25, -0.2) is 9.78 Å². The maximum atomic E-state index is 12.5. The first-order chi connectivity index (χ1) is 12.5. The predicted octanol–water partition coefficient (Wildman–Crippen LogP) is 3.60. The van der Waals surface area contributed by atoms with Gasteiger partial charge in [-0.1, -0.05) is 6.92 Å². The van der Waals surface area contributed by atoms with Crippen LogP contribution in [-0.2, 0) is 4.74 Å². The van der Waals surface area contributed by atoms with Gasteiger partial charge >= 0.3 is 5.97 Å². The van der Waals surface area contributed by atoms with Gasteiger partial charge in [-0.05, 0) is 76.6 Å². The van der Waals surface area contributed by atoms with Crippen LogP contribution in [0, 0.1) is 11.8 Å². The molecule has 0 aliphatic carbocycles. The van der Waals surface area contributed by atoms with E-state index in [2.05, 4.69) is 21.7 Å². The number of ether oxygens (including phenoxy) is 1. The fourth-order valence-electron chi connectivity index (χ4n) is 4.10. The monoisotopic (exact) mass is 359 g/mol. The van der Waals surface area contributed by atoms with Gasteiger partial charge in [0.2, 0.25) is 0 Å². The normalized spacial score (nSPS) is 22.6. The van der Waals surface area contributed by atoms with Crippen molar-refractivity contribution in [2.24, 2.45) is 11.8 Å². The topological polar surface area (TPSA) is 45.7 Å². The number of pyridine rings is 1. The smallest absolute Gasteiger partial charge is 0.342 e. The van der Waals surface area contributed by atoms with Gasteiger partial charge in [0.25, 0.3) is 0 Å². The molecule has 2 fully saturated rings. The molecule has 0 radical (unpaired) electrons. The molecule has 1 unspecified atom stereocenters. The van der Waals surface area contributed by atoms with Gasteiger partial charge in [0.1, 0.15) is 11.4 Å². The third-order valence-corrected chi connectivity index (χ3v) is 5.56. The minimum absolute atomic E-state index is 0.119. The standard InChI is InChI=1S/C21H33N3O2/c1-16(2)26-21(25)19-7-4-10-22-20(19)24-11-5-6-18(15-24)14-23-12-8-17(3)9-13-23/h4,7,10,16-18H,5-6,8-9,11-15H2,1-3H3. The number of rotatable bonds is 5. The highest BCUT2D eigenvalue weighted by molar-refractivity contribution is 5.94. The number of esters is 1. The van der Waals surface area contributed by atoms with E-state index in [9.17, 15) is 4.79 Å². The van der Waals surface area contributed by atoms with E-state index in [1.54, 1.807) is 6.20 Å². The third kappa shape index (κ3) is 4.97. The number of likely N-dealkylation sites (tertiary alicyclic amines) is 1. The second-order valence-electron chi connectivity index (χ2n) is 8.27. The zero-order valence-corrected chi connectivity index (χ0v) is 16.5. The SMILES string of the molecule is CC1CCN(CC2CCCN(c3ncccc3C(=O)OC(C)C)C2)CC1. The van der Waals surface area contributed by atoms with Crippen molar-refractivity contribution in [3.05, 3.63) is 23.9 Å². The van der Waals surface area contributed by atoms with Gasteiger partial charge in [-0.15, -0.1) is 0 Å². The number of carbonyl (C=O) groups is 1. The molecule has 144 valence electrons. The zero-order valence-electron chi connectivity index (χ0n) is 16.5. The highest BCUT2D eigenvalue weighted by Crippen LogP contribution is 2.27. The molecule has 0 saturated carbocycles. The van der Waals surface area contributed by atoms with E-state index in [1.165, 1.54) is 38.9 Å². The Hall–Kier alpha value is -1.62. The van der Waals surface area contributed by atoms with Crippen LogP contribution >= 0.6 is 0 Å². The quantitative estimate of drug-likeness (QED) is 0.752. The maximum absolute atomic E-state index is 12.5. The summed E-state index contributed by atoms with van der Waals surface area (Å²) in [6.45, 7) is 11.7. The Kier molecular flexibility index (Phi) is 6.52. The molecule has 1 aromatic heterocycles. The molecule has 0 amide bonds. The Labute approximate surface area is 157 Å². The first kappa shape index (κ1) is 19.2. The largest absolute Gasteiger partial charge is 0.459 e. The highest BCUT2D eigenvalue weighted by atomic mass is 16.5. The van der Waals surface area contributed by atoms with Crippen molar-refractivity contribution in [3.8, 4) is 0 Å². The summed E-state index contributed by atoms with van der Waals surface area (Å²) in [7, 11) is 0. The van der Waals surface area contributed by atoms with Crippen LogP contribution in [0.2, 0.25) is 0 Å². The van der Waals surface area contributed by atoms with E-state index in [1.807, 2.05) is 26.0 Å². The summed E-state index contributed by atoms with van der Waals surface area (Å²) in [4.78, 5) is 21.9. The Balaban J connectivity index is 1.65. The summed E-state index contributed by atoms with van der Waals surface area (Å²) < 4.78 is 5.41. The molecule has 0 aromatic carbocycles. The number of hydrogen-bond donors (Lipinski definition) is 0. The predicted molar refractivity (Wildman–Crippen MR) is 105 cm³/mol. The molecule has 26 heavy (non-hydrogen) atoms. The number of carbonyl (C=O) groups excluding carboxylic acids is 1. The molecule has 5 heteroatoms. The fraction of sp³-hybridized carbons (Fsp3) is 0.714. The summed E-state index contributed by atoms with van der Waals surface area (Å²) in [6, 6.07) is 3.65. The average molecular weight is 360 g/mol. The van der Waals surface area contributed by atoms with E-state index in [0.29, 0.717) is 11.5 Å². The van der Waals surface area contributed by atoms with Crippen LogP contribution in [-0.4, -0.2) is 54.7 Å². The first-order valence-corrected chi connectivity index (χ1v) is 10.2. The van der Waals surface area contributed by atoms with E-state index in [4.69, 9.17) is 4.74 Å². The van der Waals surface area contributed by atoms with Crippen molar-refractivity contribution >= 4 is 11.8 Å². The number of piperidine rings is 2. The van der Waals surface area contributed by atoms with E-state index >= 15 is 0 Å². The van der Waals surface area contributed by atoms with Gasteiger partial charge < -0.3 is 14.5 Å². The van der Waals surface area contributed by atoms with Crippen LogP contribution in [0.15, 0.2) is 18.3 Å². The van der Waals surface area contributed by atoms with Gasteiger partial charge in [-0.2, -0.15) is 0 Å². The van der Waals surface area contributed by atoms with Crippen molar-refractivity contribution in [3.63, 3.8) is 0 Å². The molecule has 0 bridgehead atoms. The first-order valence-electron chi connectivity index (χ1n) is 10.2. The van der Waals surface area contributed by atoms with Gasteiger partial charge in [-0.3, -0.25) is 0 Å². The van der Waals surface area contributed by atoms with E-state index < -0.39 is 0 Å². The van der Waals surface area contributed by atoms with Crippen molar-refractivity contribution in [1.29, 1.82) is 0 Å². The number of aromatic nitrogens is 1. The van der Waals surface area contributed by atoms with Crippen LogP contribution in [0.4, 0.5) is 5.82 Å². The molecule has 2 saturated heterocycles. The fourth-order valence-corrected chi connectivity index (χ4v) is 4.10. The molecule has 0 N–H and O–H groups in total. The average Bonchev–Trinajstić information content (AvgIpc) is 2.63. The highest BCUT2D eigenvalue weighted by Gasteiger charge is 2.27. The molecule has 1 atom stereocenters. The minimum Gasteiger partial charge on any atom is -0.459 e. The molecular formula is C21H33N3O2. The van der Waals surface area contributed by atoms with Crippen LogP contribution in [0.5, 0.6) is 0 Å². The van der Waals surface area contributed by atoms with Crippen LogP contribution in [0.1, 0.15) is 56.8 Å². The lowest BCUT2D eigenvalue weighted by Crippen LogP contribution is -2.44. The summed E-state index contributed by atoms with van der Waals surface area (Å²) in [5, 5.41) is 0. The molecule has 0 spiro atoms. The molecule has 2 aliphatic rings. The second-order valence-corrected chi connectivity index (χ2v) is 8.27. The molecule has 1 aromatic rings. The summed E-state index contributed by atoms with van der Waals surface area (Å²) in [6.07, 6.45) is 6.72. The summed E-state index contributed by atoms with van der Waals surface area (Å²) >= 11 is 0. The number of nitrogens with zero attached hydrogens (tertiary/aromatic N) is 3. The second kappa shape index (κ2) is 8.85. The molecule has 5 nitrogen and oxygen atoms in total. The lowest BCUT2D eigenvalue weighted by molar-refractivity contribution is 0.0378. The lowest BCUT2D eigenvalue weighted by Gasteiger charge is -2.38. The maximum Gasteiger partial charge on any atom is 0.342 e. The van der Waals surface area contributed by atoms with Crippen LogP contribution in [0.3, 0.4) is 0 Å². The molecule has 2 aliphatic heterocycles. The summed E-state index contributed by atoms with van der Waals surface area (Å²) in [5.41, 5.74) is 0.591. The Morgan fingerprint density at radius 1 is 1.27 bits per heavy atom. The van der Waals surface area contributed by atoms with Gasteiger partial charge in [0, 0.05) is 25.8 Å². The minimum atomic E-state index is -0.268. The summed E-state index contributed by atoms with van der Waals surface area (Å²) in [5.74, 6) is 2.04. The Bertz CT molecular complexity index is 597. The molecule has 3 heterocycles. The third-order valence-electron chi connectivity index (χ3n) is 5.56. The zero-order chi connectivity index (χ0) is 18.5. The van der Waals surface area contributed by atoms with Crippen molar-refractivity contribution in [2.75, 3.05) is 37.6 Å². The van der Waals surface area contributed by atoms with Crippen molar-refractivity contribution < 1.29 is 9.53 Å². The van der Waals surface area contributed by atoms with E-state index in [0.717, 1.165) is 31.2 Å². The van der Waals surface area contributed by atoms with Crippen LogP contribution in [0.25, 0.3) is 0 Å². The Morgan fingerprint density at radius 3 is 2.77 bits per heavy atom. The van der Waals surface area contributed by atoms with Gasteiger partial charge in [0.15, 0.2) is 0 Å². The number of hydrogen-bond acceptors (Lipinski definition) is 5. The molecule has 3 rings (SSSR count).